The van der Waals surface area contributed by atoms with Crippen molar-refractivity contribution in [3.05, 3.63) is 47.2 Å². The first-order chi connectivity index (χ1) is 13.9. The Labute approximate surface area is 165 Å². The van der Waals surface area contributed by atoms with Crippen LogP contribution < -0.4 is 4.74 Å². The van der Waals surface area contributed by atoms with Crippen LogP contribution in [0.25, 0.3) is 5.78 Å². The lowest BCUT2D eigenvalue weighted by Gasteiger charge is -2.33. The number of likely N-dealkylation sites (tertiary alicyclic amines) is 1. The molecule has 1 aliphatic heterocycles. The molecule has 8 nitrogen and oxygen atoms in total. The molecular weight excluding hydrogens is 382 g/mol. The van der Waals surface area contributed by atoms with Gasteiger partial charge in [-0.05, 0) is 38.8 Å². The molecule has 0 saturated carbocycles. The van der Waals surface area contributed by atoms with Crippen molar-refractivity contribution in [2.45, 2.75) is 39.2 Å². The number of rotatable bonds is 4. The van der Waals surface area contributed by atoms with Crippen molar-refractivity contribution in [3.63, 3.8) is 0 Å². The van der Waals surface area contributed by atoms with Gasteiger partial charge in [0, 0.05) is 42.0 Å². The lowest BCUT2D eigenvalue weighted by atomic mass is 9.93. The molecule has 10 heteroatoms. The maximum Gasteiger partial charge on any atom is 0.388 e. The van der Waals surface area contributed by atoms with Crippen LogP contribution >= 0.6 is 0 Å². The minimum Gasteiger partial charge on any atom is -0.417 e. The second kappa shape index (κ2) is 7.69. The molecule has 0 radical (unpaired) electrons. The third kappa shape index (κ3) is 4.01. The molecule has 0 spiro atoms. The Morgan fingerprint density at radius 3 is 2.79 bits per heavy atom. The smallest absolute Gasteiger partial charge is 0.388 e. The number of ether oxygens (including phenoxy) is 1. The van der Waals surface area contributed by atoms with Gasteiger partial charge in [-0.15, -0.1) is 0 Å². The Morgan fingerprint density at radius 2 is 2.00 bits per heavy atom. The van der Waals surface area contributed by atoms with Gasteiger partial charge in [0.15, 0.2) is 0 Å². The average Bonchev–Trinajstić information content (AvgIpc) is 3.14. The largest absolute Gasteiger partial charge is 0.417 e. The molecule has 0 N–H and O–H groups in total. The van der Waals surface area contributed by atoms with Crippen LogP contribution in [0.15, 0.2) is 24.5 Å². The number of hydrogen-bond donors (Lipinski definition) is 0. The van der Waals surface area contributed by atoms with Gasteiger partial charge in [0.25, 0.3) is 11.7 Å². The molecule has 4 rings (SSSR count). The zero-order chi connectivity index (χ0) is 20.5. The van der Waals surface area contributed by atoms with Gasteiger partial charge in [-0.25, -0.2) is 14.5 Å². The zero-order valence-corrected chi connectivity index (χ0v) is 16.0. The van der Waals surface area contributed by atoms with Crippen LogP contribution in [0.4, 0.5) is 8.78 Å². The minimum atomic E-state index is -2.99. The summed E-state index contributed by atoms with van der Waals surface area (Å²) in [4.78, 5) is 27.2. The van der Waals surface area contributed by atoms with Gasteiger partial charge in [-0.1, -0.05) is 0 Å². The molecule has 29 heavy (non-hydrogen) atoms. The van der Waals surface area contributed by atoms with E-state index in [1.807, 2.05) is 13.0 Å². The average molecular weight is 402 g/mol. The second-order valence-electron chi connectivity index (χ2n) is 7.10. The number of amides is 1. The van der Waals surface area contributed by atoms with Crippen molar-refractivity contribution in [1.29, 1.82) is 0 Å². The summed E-state index contributed by atoms with van der Waals surface area (Å²) in [5.74, 6) is 0.103. The molecule has 3 aromatic heterocycles. The predicted octanol–water partition coefficient (Wildman–Crippen LogP) is 2.76. The number of piperidine rings is 1. The van der Waals surface area contributed by atoms with E-state index in [0.717, 1.165) is 24.2 Å². The summed E-state index contributed by atoms with van der Waals surface area (Å²) in [6, 6.07) is 4.80. The summed E-state index contributed by atoms with van der Waals surface area (Å²) in [5, 5.41) is 4.26. The van der Waals surface area contributed by atoms with E-state index in [2.05, 4.69) is 24.8 Å². The molecule has 0 aliphatic carbocycles. The fourth-order valence-corrected chi connectivity index (χ4v) is 3.75. The Hall–Kier alpha value is -3.17. The number of carbonyl (C=O) groups excluding carboxylic acids is 1. The quantitative estimate of drug-likeness (QED) is 0.667. The second-order valence-corrected chi connectivity index (χ2v) is 7.10. The maximum absolute atomic E-state index is 13.1. The standard InChI is InChI=1S/C19H20F2N6O2/c1-11-6-14(8-16(24-11)29-18(20)21)17(28)26-5-3-4-13(9-26)15-7-12(2)25-19-22-10-23-27(15)19/h6-8,10,13,18H,3-5,9H2,1-2H3/t13-/m0/s1. The summed E-state index contributed by atoms with van der Waals surface area (Å²) >= 11 is 0. The molecule has 4 heterocycles. The number of pyridine rings is 1. The lowest BCUT2D eigenvalue weighted by molar-refractivity contribution is -0.0529. The molecule has 1 atom stereocenters. The summed E-state index contributed by atoms with van der Waals surface area (Å²) in [6.45, 7) is 1.62. The molecule has 0 aromatic carbocycles. The molecular formula is C19H20F2N6O2. The van der Waals surface area contributed by atoms with Gasteiger partial charge < -0.3 is 9.64 Å². The lowest BCUT2D eigenvalue weighted by Crippen LogP contribution is -2.39. The first-order valence-corrected chi connectivity index (χ1v) is 9.31. The van der Waals surface area contributed by atoms with Crippen molar-refractivity contribution >= 4 is 11.7 Å². The van der Waals surface area contributed by atoms with Crippen molar-refractivity contribution in [2.75, 3.05) is 13.1 Å². The van der Waals surface area contributed by atoms with E-state index in [1.165, 1.54) is 12.4 Å². The molecule has 152 valence electrons. The van der Waals surface area contributed by atoms with E-state index in [4.69, 9.17) is 0 Å². The number of nitrogens with zero attached hydrogens (tertiary/aromatic N) is 6. The van der Waals surface area contributed by atoms with Crippen molar-refractivity contribution in [3.8, 4) is 5.88 Å². The van der Waals surface area contributed by atoms with Crippen LogP contribution in [-0.2, 0) is 0 Å². The van der Waals surface area contributed by atoms with E-state index >= 15 is 0 Å². The van der Waals surface area contributed by atoms with Crippen LogP contribution in [0.2, 0.25) is 0 Å². The molecule has 3 aromatic rings. The first-order valence-electron chi connectivity index (χ1n) is 9.31. The van der Waals surface area contributed by atoms with Crippen LogP contribution in [0.1, 0.15) is 46.2 Å². The minimum absolute atomic E-state index is 0.0679. The van der Waals surface area contributed by atoms with Gasteiger partial charge in [-0.3, -0.25) is 4.79 Å². The highest BCUT2D eigenvalue weighted by Crippen LogP contribution is 2.28. The van der Waals surface area contributed by atoms with E-state index in [-0.39, 0.29) is 23.3 Å². The van der Waals surface area contributed by atoms with Gasteiger partial charge in [0.2, 0.25) is 5.88 Å². The highest BCUT2D eigenvalue weighted by atomic mass is 19.3. The van der Waals surface area contributed by atoms with Crippen LogP contribution in [0.3, 0.4) is 0 Å². The van der Waals surface area contributed by atoms with E-state index in [1.54, 1.807) is 22.4 Å². The van der Waals surface area contributed by atoms with Crippen LogP contribution in [-0.4, -0.2) is 55.1 Å². The van der Waals surface area contributed by atoms with Gasteiger partial charge >= 0.3 is 6.61 Å². The Kier molecular flexibility index (Phi) is 5.08. The fourth-order valence-electron chi connectivity index (χ4n) is 3.75. The Balaban J connectivity index is 1.59. The highest BCUT2D eigenvalue weighted by molar-refractivity contribution is 5.94. The summed E-state index contributed by atoms with van der Waals surface area (Å²) in [7, 11) is 0. The first kappa shape index (κ1) is 19.2. The van der Waals surface area contributed by atoms with Gasteiger partial charge in [0.05, 0.1) is 5.69 Å². The predicted molar refractivity (Wildman–Crippen MR) is 99.0 cm³/mol. The third-order valence-electron chi connectivity index (χ3n) is 4.92. The summed E-state index contributed by atoms with van der Waals surface area (Å²) < 4.78 is 31.2. The third-order valence-corrected chi connectivity index (χ3v) is 4.92. The van der Waals surface area contributed by atoms with E-state index in [9.17, 15) is 13.6 Å². The van der Waals surface area contributed by atoms with Crippen LogP contribution in [0.5, 0.6) is 5.88 Å². The number of halogens is 2. The van der Waals surface area contributed by atoms with Gasteiger partial charge in [0.1, 0.15) is 6.33 Å². The summed E-state index contributed by atoms with van der Waals surface area (Å²) in [5.41, 5.74) is 2.51. The highest BCUT2D eigenvalue weighted by Gasteiger charge is 2.28. The summed E-state index contributed by atoms with van der Waals surface area (Å²) in [6.07, 6.45) is 3.18. The molecule has 0 unspecified atom stereocenters. The van der Waals surface area contributed by atoms with Crippen LogP contribution in [0, 0.1) is 13.8 Å². The molecule has 0 bridgehead atoms. The maximum atomic E-state index is 13.1. The van der Waals surface area contributed by atoms with E-state index < -0.39 is 6.61 Å². The van der Waals surface area contributed by atoms with Gasteiger partial charge in [-0.2, -0.15) is 18.9 Å². The number of alkyl halides is 2. The van der Waals surface area contributed by atoms with E-state index in [0.29, 0.717) is 24.6 Å². The molecule has 1 fully saturated rings. The van der Waals surface area contributed by atoms with Crippen molar-refractivity contribution in [1.82, 2.24) is 29.5 Å². The zero-order valence-electron chi connectivity index (χ0n) is 16.0. The molecule has 1 amide bonds. The SMILES string of the molecule is Cc1cc(C(=O)N2CCC[C@H](c3cc(C)nc4ncnn34)C2)cc(OC(F)F)n1. The number of aryl methyl sites for hydroxylation is 2. The van der Waals surface area contributed by atoms with Crippen molar-refractivity contribution < 1.29 is 18.3 Å². The van der Waals surface area contributed by atoms with Crippen molar-refractivity contribution in [2.24, 2.45) is 0 Å². The molecule has 1 aliphatic rings. The number of hydrogen-bond acceptors (Lipinski definition) is 6. The normalized spacial score (nSPS) is 17.1. The number of aromatic nitrogens is 5. The Bertz CT molecular complexity index is 1050. The fraction of sp³-hybridized carbons (Fsp3) is 0.421. The topological polar surface area (TPSA) is 85.5 Å². The number of fused-ring (bicyclic) bond motifs is 1. The molecule has 1 saturated heterocycles. The monoisotopic (exact) mass is 402 g/mol. The number of carbonyl (C=O) groups is 1. The Morgan fingerprint density at radius 1 is 1.21 bits per heavy atom.